The number of hydrogen-bond acceptors (Lipinski definition) is 6. The van der Waals surface area contributed by atoms with Crippen molar-refractivity contribution in [2.45, 2.75) is 0 Å². The van der Waals surface area contributed by atoms with Crippen molar-refractivity contribution in [2.24, 2.45) is 5.10 Å². The molecule has 0 fully saturated rings. The molecule has 2 N–H and O–H groups in total. The molecule has 0 radical (unpaired) electrons. The van der Waals surface area contributed by atoms with Gasteiger partial charge in [-0.05, 0) is 12.1 Å². The van der Waals surface area contributed by atoms with Gasteiger partial charge in [-0.3, -0.25) is 9.38 Å². The van der Waals surface area contributed by atoms with Gasteiger partial charge in [0, 0.05) is 53.9 Å². The first-order valence-electron chi connectivity index (χ1n) is 8.09. The van der Waals surface area contributed by atoms with Gasteiger partial charge in [-0.2, -0.15) is 5.10 Å². The largest absolute Gasteiger partial charge is 0.337 e. The van der Waals surface area contributed by atoms with Gasteiger partial charge in [-0.1, -0.05) is 18.7 Å². The molecule has 4 aromatic rings. The number of hydrazone groups is 1. The lowest BCUT2D eigenvalue weighted by Crippen LogP contribution is -2.01. The summed E-state index contributed by atoms with van der Waals surface area (Å²) >= 11 is 0. The molecule has 0 saturated carbocycles. The molecule has 26 heavy (non-hydrogen) atoms. The molecule has 0 aliphatic rings. The maximum absolute atomic E-state index is 4.51. The fourth-order valence-electron chi connectivity index (χ4n) is 2.81. The first-order valence-corrected chi connectivity index (χ1v) is 8.09. The Morgan fingerprint density at radius 3 is 3.00 bits per heavy atom. The van der Waals surface area contributed by atoms with Crippen LogP contribution in [-0.4, -0.2) is 32.6 Å². The average molecular weight is 343 g/mol. The van der Waals surface area contributed by atoms with Crippen LogP contribution in [0.15, 0.2) is 66.9 Å². The summed E-state index contributed by atoms with van der Waals surface area (Å²) in [5.74, 6) is 0.668. The van der Waals surface area contributed by atoms with Crippen LogP contribution in [0.2, 0.25) is 0 Å². The summed E-state index contributed by atoms with van der Waals surface area (Å²) in [5, 5.41) is 9.53. The highest BCUT2D eigenvalue weighted by molar-refractivity contribution is 6.08. The second kappa shape index (κ2) is 6.64. The summed E-state index contributed by atoms with van der Waals surface area (Å²) in [6.45, 7) is 4.04. The molecule has 0 atom stereocenters. The molecule has 7 heteroatoms. The molecule has 128 valence electrons. The van der Waals surface area contributed by atoms with Crippen LogP contribution in [0.1, 0.15) is 5.69 Å². The van der Waals surface area contributed by atoms with Gasteiger partial charge in [-0.15, -0.1) is 0 Å². The molecule has 0 aliphatic heterocycles. The predicted octanol–water partition coefficient (Wildman–Crippen LogP) is 3.24. The zero-order chi connectivity index (χ0) is 17.9. The molecule has 0 amide bonds. The number of anilines is 2. The number of pyridine rings is 1. The lowest BCUT2D eigenvalue weighted by atomic mass is 10.1. The Balaban J connectivity index is 1.77. The summed E-state index contributed by atoms with van der Waals surface area (Å²) in [6.07, 6.45) is 10.6. The van der Waals surface area contributed by atoms with E-state index in [0.29, 0.717) is 11.5 Å². The first-order chi connectivity index (χ1) is 12.8. The smallest absolute Gasteiger partial charge is 0.180 e. The van der Waals surface area contributed by atoms with Crippen molar-refractivity contribution < 1.29 is 0 Å². The second-order valence-corrected chi connectivity index (χ2v) is 5.65. The number of nitrogens with zero attached hydrogens (tertiary/aromatic N) is 5. The van der Waals surface area contributed by atoms with Gasteiger partial charge in [-0.25, -0.2) is 9.97 Å². The normalized spacial score (nSPS) is 11.3. The van der Waals surface area contributed by atoms with E-state index in [9.17, 15) is 0 Å². The van der Waals surface area contributed by atoms with Crippen LogP contribution in [0.4, 0.5) is 11.5 Å². The van der Waals surface area contributed by atoms with Gasteiger partial charge in [0.25, 0.3) is 0 Å². The number of rotatable bonds is 5. The van der Waals surface area contributed by atoms with E-state index in [1.54, 1.807) is 31.9 Å². The lowest BCUT2D eigenvalue weighted by Gasteiger charge is -2.10. The van der Waals surface area contributed by atoms with Crippen molar-refractivity contribution >= 4 is 39.7 Å². The van der Waals surface area contributed by atoms with Crippen molar-refractivity contribution in [1.29, 1.82) is 0 Å². The Morgan fingerprint density at radius 2 is 2.12 bits per heavy atom. The van der Waals surface area contributed by atoms with Crippen LogP contribution < -0.4 is 10.7 Å². The van der Waals surface area contributed by atoms with Crippen LogP contribution in [0.5, 0.6) is 0 Å². The molecular weight excluding hydrogens is 326 g/mol. The highest BCUT2D eigenvalue weighted by Gasteiger charge is 2.11. The molecule has 0 saturated heterocycles. The zero-order valence-electron chi connectivity index (χ0n) is 14.2. The van der Waals surface area contributed by atoms with E-state index in [-0.39, 0.29) is 0 Å². The molecule has 0 bridgehead atoms. The molecule has 0 unspecified atom stereocenters. The molecule has 0 aliphatic carbocycles. The van der Waals surface area contributed by atoms with Crippen LogP contribution >= 0.6 is 0 Å². The van der Waals surface area contributed by atoms with E-state index < -0.39 is 0 Å². The fraction of sp³-hybridized carbons (Fsp3) is 0.0526. The van der Waals surface area contributed by atoms with Gasteiger partial charge in [0.2, 0.25) is 0 Å². The van der Waals surface area contributed by atoms with Gasteiger partial charge in [0.1, 0.15) is 0 Å². The molecular formula is C19H17N7. The molecule has 4 rings (SSSR count). The van der Waals surface area contributed by atoms with Crippen molar-refractivity contribution in [3.8, 4) is 0 Å². The van der Waals surface area contributed by atoms with E-state index in [2.05, 4.69) is 37.4 Å². The third kappa shape index (κ3) is 2.75. The Bertz CT molecular complexity index is 1120. The number of nitrogens with one attached hydrogen (secondary N) is 2. The van der Waals surface area contributed by atoms with Crippen LogP contribution in [-0.2, 0) is 0 Å². The number of benzene rings is 1. The average Bonchev–Trinajstić information content (AvgIpc) is 3.12. The van der Waals surface area contributed by atoms with Crippen LogP contribution in [0, 0.1) is 0 Å². The predicted molar refractivity (Wildman–Crippen MR) is 105 cm³/mol. The maximum Gasteiger partial charge on any atom is 0.180 e. The summed E-state index contributed by atoms with van der Waals surface area (Å²) in [7, 11) is 1.74. The van der Waals surface area contributed by atoms with E-state index in [1.165, 1.54) is 0 Å². The minimum atomic E-state index is 0.668. The van der Waals surface area contributed by atoms with E-state index in [1.807, 2.05) is 41.1 Å². The Morgan fingerprint density at radius 1 is 1.19 bits per heavy atom. The van der Waals surface area contributed by atoms with Crippen molar-refractivity contribution in [3.63, 3.8) is 0 Å². The number of imidazole rings is 1. The first kappa shape index (κ1) is 15.8. The molecule has 3 aromatic heterocycles. The van der Waals surface area contributed by atoms with Crippen LogP contribution in [0.25, 0.3) is 22.0 Å². The summed E-state index contributed by atoms with van der Waals surface area (Å²) in [6, 6.07) is 8.00. The number of allylic oxidation sites excluding steroid dienone is 1. The monoisotopic (exact) mass is 343 g/mol. The Labute approximate surface area is 150 Å². The van der Waals surface area contributed by atoms with Crippen molar-refractivity contribution in [1.82, 2.24) is 24.8 Å². The zero-order valence-corrected chi connectivity index (χ0v) is 14.2. The van der Waals surface area contributed by atoms with E-state index in [4.69, 9.17) is 0 Å². The third-order valence-corrected chi connectivity index (χ3v) is 4.04. The summed E-state index contributed by atoms with van der Waals surface area (Å²) in [5.41, 5.74) is 5.99. The minimum Gasteiger partial charge on any atom is -0.337 e. The second-order valence-electron chi connectivity index (χ2n) is 5.65. The highest BCUT2D eigenvalue weighted by atomic mass is 15.3. The maximum atomic E-state index is 4.51. The molecule has 7 nitrogen and oxygen atoms in total. The molecule has 3 heterocycles. The van der Waals surface area contributed by atoms with Gasteiger partial charge >= 0.3 is 0 Å². The van der Waals surface area contributed by atoms with Gasteiger partial charge in [0.05, 0.1) is 18.1 Å². The lowest BCUT2D eigenvalue weighted by molar-refractivity contribution is 0.909. The third-order valence-electron chi connectivity index (χ3n) is 4.04. The Hall–Kier alpha value is -3.74. The summed E-state index contributed by atoms with van der Waals surface area (Å²) in [4.78, 5) is 13.1. The SMILES string of the molecule is C=C(/C=N\NC)c1cnc2c(Nc3cccc4cnccc34)nccn12. The molecule has 1 aromatic carbocycles. The fourth-order valence-corrected chi connectivity index (χ4v) is 2.81. The molecule has 0 spiro atoms. The number of fused-ring (bicyclic) bond motifs is 2. The Kier molecular flexibility index (Phi) is 4.03. The van der Waals surface area contributed by atoms with Crippen LogP contribution in [0.3, 0.4) is 0 Å². The van der Waals surface area contributed by atoms with Gasteiger partial charge in [0.15, 0.2) is 11.5 Å². The minimum absolute atomic E-state index is 0.668. The number of hydrogen-bond donors (Lipinski definition) is 2. The van der Waals surface area contributed by atoms with Crippen molar-refractivity contribution in [2.75, 3.05) is 12.4 Å². The van der Waals surface area contributed by atoms with Crippen molar-refractivity contribution in [3.05, 3.63) is 67.5 Å². The topological polar surface area (TPSA) is 79.5 Å². The highest BCUT2D eigenvalue weighted by Crippen LogP contribution is 2.27. The quantitative estimate of drug-likeness (QED) is 0.429. The summed E-state index contributed by atoms with van der Waals surface area (Å²) < 4.78 is 1.94. The number of aromatic nitrogens is 4. The standard InChI is InChI=1S/C19H17N7/c1-13(10-24-20-2)17-12-23-19-18(22-8-9-26(17)19)25-16-5-3-4-14-11-21-7-6-15(14)16/h3-12,20H,1H2,2H3,(H,22,25)/b24-10-. The van der Waals surface area contributed by atoms with E-state index >= 15 is 0 Å². The van der Waals surface area contributed by atoms with E-state index in [0.717, 1.165) is 27.7 Å². The van der Waals surface area contributed by atoms with Gasteiger partial charge < -0.3 is 10.7 Å².